The molecule has 2 rings (SSSR count). The number of pyridine rings is 1. The average Bonchev–Trinajstić information content (AvgIpc) is 2.31. The van der Waals surface area contributed by atoms with Gasteiger partial charge in [-0.25, -0.2) is 0 Å². The van der Waals surface area contributed by atoms with Crippen molar-refractivity contribution >= 4 is 5.69 Å². The Hall–Kier alpha value is -1.87. The maximum atomic E-state index is 10.0. The average molecular weight is 214 g/mol. The van der Waals surface area contributed by atoms with E-state index in [4.69, 9.17) is 5.73 Å². The summed E-state index contributed by atoms with van der Waals surface area (Å²) in [6.07, 6.45) is 1.60. The van der Waals surface area contributed by atoms with Crippen LogP contribution in [0.5, 0.6) is 0 Å². The van der Waals surface area contributed by atoms with Gasteiger partial charge in [0.05, 0.1) is 6.10 Å². The molecule has 82 valence electrons. The van der Waals surface area contributed by atoms with Crippen molar-refractivity contribution in [2.24, 2.45) is 0 Å². The van der Waals surface area contributed by atoms with Crippen molar-refractivity contribution < 1.29 is 5.11 Å². The second-order valence-electron chi connectivity index (χ2n) is 3.67. The topological polar surface area (TPSA) is 59.1 Å². The maximum absolute atomic E-state index is 10.0. The quantitative estimate of drug-likeness (QED) is 0.768. The van der Waals surface area contributed by atoms with Crippen molar-refractivity contribution in [3.8, 4) is 0 Å². The van der Waals surface area contributed by atoms with Gasteiger partial charge in [0.25, 0.3) is 0 Å². The van der Waals surface area contributed by atoms with Gasteiger partial charge in [0, 0.05) is 29.6 Å². The smallest absolute Gasteiger partial charge is 0.0865 e. The van der Waals surface area contributed by atoms with Crippen LogP contribution < -0.4 is 5.73 Å². The molecule has 3 heteroatoms. The normalized spacial score (nSPS) is 12.3. The molecule has 1 aromatic heterocycles. The fraction of sp³-hybridized carbons (Fsp3) is 0.154. The highest BCUT2D eigenvalue weighted by molar-refractivity contribution is 5.47. The molecule has 1 unspecified atom stereocenters. The summed E-state index contributed by atoms with van der Waals surface area (Å²) in [6, 6.07) is 13.0. The number of aliphatic hydroxyl groups is 1. The lowest BCUT2D eigenvalue weighted by molar-refractivity contribution is 0.178. The Morgan fingerprint density at radius 3 is 2.56 bits per heavy atom. The summed E-state index contributed by atoms with van der Waals surface area (Å²) in [5.74, 6) is 0. The maximum Gasteiger partial charge on any atom is 0.0865 e. The van der Waals surface area contributed by atoms with E-state index >= 15 is 0 Å². The van der Waals surface area contributed by atoms with Crippen LogP contribution in [-0.2, 0) is 6.42 Å². The SMILES string of the molecule is Nc1ccccc1C(O)Cc1ccccn1. The van der Waals surface area contributed by atoms with Crippen molar-refractivity contribution in [3.05, 3.63) is 59.9 Å². The van der Waals surface area contributed by atoms with Crippen LogP contribution in [0.25, 0.3) is 0 Å². The molecule has 0 aliphatic heterocycles. The van der Waals surface area contributed by atoms with Crippen molar-refractivity contribution in [1.29, 1.82) is 0 Å². The first-order valence-electron chi connectivity index (χ1n) is 5.20. The Labute approximate surface area is 94.6 Å². The summed E-state index contributed by atoms with van der Waals surface area (Å²) in [5, 5.41) is 10.0. The second kappa shape index (κ2) is 4.77. The first-order valence-corrected chi connectivity index (χ1v) is 5.20. The molecule has 0 bridgehead atoms. The predicted molar refractivity (Wildman–Crippen MR) is 63.8 cm³/mol. The van der Waals surface area contributed by atoms with E-state index in [0.29, 0.717) is 12.1 Å². The minimum Gasteiger partial charge on any atom is -0.398 e. The summed E-state index contributed by atoms with van der Waals surface area (Å²) in [5.41, 5.74) is 8.03. The Bertz CT molecular complexity index is 456. The third-order valence-electron chi connectivity index (χ3n) is 2.48. The van der Waals surface area contributed by atoms with Gasteiger partial charge < -0.3 is 10.8 Å². The fourth-order valence-corrected chi connectivity index (χ4v) is 1.64. The molecule has 0 aliphatic rings. The lowest BCUT2D eigenvalue weighted by Crippen LogP contribution is -2.06. The largest absolute Gasteiger partial charge is 0.398 e. The minimum absolute atomic E-state index is 0.481. The standard InChI is InChI=1S/C13H14N2O/c14-12-7-2-1-6-11(12)13(16)9-10-5-3-4-8-15-10/h1-8,13,16H,9,14H2. The first-order chi connectivity index (χ1) is 7.77. The van der Waals surface area contributed by atoms with Crippen LogP contribution in [0.2, 0.25) is 0 Å². The third-order valence-corrected chi connectivity index (χ3v) is 2.48. The highest BCUT2D eigenvalue weighted by Crippen LogP contribution is 2.22. The van der Waals surface area contributed by atoms with E-state index in [1.54, 1.807) is 12.3 Å². The Balaban J connectivity index is 2.15. The molecule has 1 aromatic carbocycles. The number of benzene rings is 1. The lowest BCUT2D eigenvalue weighted by Gasteiger charge is -2.12. The van der Waals surface area contributed by atoms with E-state index in [1.807, 2.05) is 36.4 Å². The number of hydrogen-bond acceptors (Lipinski definition) is 3. The molecule has 0 saturated carbocycles. The van der Waals surface area contributed by atoms with Crippen LogP contribution in [0.15, 0.2) is 48.7 Å². The van der Waals surface area contributed by atoms with Crippen LogP contribution in [0.4, 0.5) is 5.69 Å². The molecule has 0 spiro atoms. The second-order valence-corrected chi connectivity index (χ2v) is 3.67. The number of nitrogen functional groups attached to an aromatic ring is 1. The van der Waals surface area contributed by atoms with Crippen LogP contribution in [0.1, 0.15) is 17.4 Å². The third kappa shape index (κ3) is 2.38. The molecule has 3 nitrogen and oxygen atoms in total. The van der Waals surface area contributed by atoms with Gasteiger partial charge in [-0.15, -0.1) is 0 Å². The number of nitrogens with two attached hydrogens (primary N) is 1. The van der Waals surface area contributed by atoms with E-state index in [9.17, 15) is 5.11 Å². The number of rotatable bonds is 3. The summed E-state index contributed by atoms with van der Waals surface area (Å²) < 4.78 is 0. The van der Waals surface area contributed by atoms with Crippen molar-refractivity contribution in [2.75, 3.05) is 5.73 Å². The highest BCUT2D eigenvalue weighted by Gasteiger charge is 2.11. The van der Waals surface area contributed by atoms with Crippen LogP contribution in [0, 0.1) is 0 Å². The zero-order valence-corrected chi connectivity index (χ0v) is 8.88. The van der Waals surface area contributed by atoms with Crippen LogP contribution >= 0.6 is 0 Å². The van der Waals surface area contributed by atoms with E-state index in [0.717, 1.165) is 11.3 Å². The monoisotopic (exact) mass is 214 g/mol. The molecule has 1 atom stereocenters. The van der Waals surface area contributed by atoms with Gasteiger partial charge in [-0.3, -0.25) is 4.98 Å². The summed E-state index contributed by atoms with van der Waals surface area (Å²) in [7, 11) is 0. The number of aliphatic hydroxyl groups excluding tert-OH is 1. The number of para-hydroxylation sites is 1. The van der Waals surface area contributed by atoms with Gasteiger partial charge >= 0.3 is 0 Å². The Morgan fingerprint density at radius 2 is 1.88 bits per heavy atom. The number of aromatic nitrogens is 1. The van der Waals surface area contributed by atoms with Crippen LogP contribution in [-0.4, -0.2) is 10.1 Å². The van der Waals surface area contributed by atoms with Crippen molar-refractivity contribution in [3.63, 3.8) is 0 Å². The molecule has 3 N–H and O–H groups in total. The van der Waals surface area contributed by atoms with Crippen LogP contribution in [0.3, 0.4) is 0 Å². The highest BCUT2D eigenvalue weighted by atomic mass is 16.3. The molecule has 0 saturated heterocycles. The lowest BCUT2D eigenvalue weighted by atomic mass is 10.0. The Kier molecular flexibility index (Phi) is 3.17. The van der Waals surface area contributed by atoms with Gasteiger partial charge in [0.15, 0.2) is 0 Å². The van der Waals surface area contributed by atoms with E-state index < -0.39 is 6.10 Å². The van der Waals surface area contributed by atoms with E-state index in [2.05, 4.69) is 4.98 Å². The van der Waals surface area contributed by atoms with Gasteiger partial charge in [-0.05, 0) is 18.2 Å². The van der Waals surface area contributed by atoms with E-state index in [-0.39, 0.29) is 0 Å². The summed E-state index contributed by atoms with van der Waals surface area (Å²) >= 11 is 0. The minimum atomic E-state index is -0.601. The van der Waals surface area contributed by atoms with Crippen molar-refractivity contribution in [2.45, 2.75) is 12.5 Å². The molecule has 0 radical (unpaired) electrons. The molecule has 0 aliphatic carbocycles. The van der Waals surface area contributed by atoms with Gasteiger partial charge in [0.2, 0.25) is 0 Å². The zero-order valence-electron chi connectivity index (χ0n) is 8.88. The summed E-state index contributed by atoms with van der Waals surface area (Å²) in [4.78, 5) is 4.17. The molecule has 2 aromatic rings. The number of anilines is 1. The van der Waals surface area contributed by atoms with E-state index in [1.165, 1.54) is 0 Å². The summed E-state index contributed by atoms with van der Waals surface area (Å²) in [6.45, 7) is 0. The first kappa shape index (κ1) is 10.6. The Morgan fingerprint density at radius 1 is 1.12 bits per heavy atom. The van der Waals surface area contributed by atoms with Gasteiger partial charge in [-0.1, -0.05) is 24.3 Å². The van der Waals surface area contributed by atoms with Gasteiger partial charge in [0.1, 0.15) is 0 Å². The molecule has 1 heterocycles. The number of hydrogen-bond donors (Lipinski definition) is 2. The molecular formula is C13H14N2O. The predicted octanol–water partition coefficient (Wildman–Crippen LogP) is 1.94. The molecule has 0 amide bonds. The molecule has 0 fully saturated rings. The molecule has 16 heavy (non-hydrogen) atoms. The molecular weight excluding hydrogens is 200 g/mol. The number of nitrogens with zero attached hydrogens (tertiary/aromatic N) is 1. The fourth-order valence-electron chi connectivity index (χ4n) is 1.64. The van der Waals surface area contributed by atoms with Crippen molar-refractivity contribution in [1.82, 2.24) is 4.98 Å². The zero-order chi connectivity index (χ0) is 11.4. The van der Waals surface area contributed by atoms with Gasteiger partial charge in [-0.2, -0.15) is 0 Å².